The molecule has 0 saturated carbocycles. The molecule has 0 unspecified atom stereocenters. The molecular weight excluding hydrogens is 514 g/mol. The number of hydrogen-bond donors (Lipinski definition) is 2. The van der Waals surface area contributed by atoms with Crippen molar-refractivity contribution in [3.05, 3.63) is 65.7 Å². The van der Waals surface area contributed by atoms with Crippen molar-refractivity contribution in [2.75, 3.05) is 17.7 Å². The van der Waals surface area contributed by atoms with Crippen molar-refractivity contribution in [2.24, 2.45) is 0 Å². The molecule has 1 heterocycles. The monoisotopic (exact) mass is 535 g/mol. The zero-order valence-electron chi connectivity index (χ0n) is 19.8. The van der Waals surface area contributed by atoms with E-state index in [1.165, 1.54) is 24.3 Å². The Morgan fingerprint density at radius 3 is 2.24 bits per heavy atom. The predicted octanol–water partition coefficient (Wildman–Crippen LogP) is 3.45. The Bertz CT molecular complexity index is 1510. The van der Waals surface area contributed by atoms with E-state index >= 15 is 0 Å². The average Bonchev–Trinajstić information content (AvgIpc) is 2.87. The van der Waals surface area contributed by atoms with Gasteiger partial charge in [0.1, 0.15) is 22.7 Å². The van der Waals surface area contributed by atoms with Crippen LogP contribution in [0.2, 0.25) is 0 Å². The van der Waals surface area contributed by atoms with Gasteiger partial charge in [0.2, 0.25) is 17.7 Å². The van der Waals surface area contributed by atoms with Gasteiger partial charge in [0.15, 0.2) is 0 Å². The molecule has 2 N–H and O–H groups in total. The Balaban J connectivity index is 1.84. The quantitative estimate of drug-likeness (QED) is 0.391. The maximum absolute atomic E-state index is 12.6. The number of thioether (sulfide) groups is 1. The highest BCUT2D eigenvalue weighted by Gasteiger charge is 2.23. The lowest BCUT2D eigenvalue weighted by Gasteiger charge is -2.15. The van der Waals surface area contributed by atoms with Crippen molar-refractivity contribution in [3.8, 4) is 29.1 Å². The van der Waals surface area contributed by atoms with E-state index in [-0.39, 0.29) is 39.3 Å². The van der Waals surface area contributed by atoms with Gasteiger partial charge >= 0.3 is 0 Å². The van der Waals surface area contributed by atoms with Gasteiger partial charge in [0, 0.05) is 18.2 Å². The Kier molecular flexibility index (Phi) is 8.85. The fourth-order valence-electron chi connectivity index (χ4n) is 3.29. The number of anilines is 1. The molecule has 0 aliphatic rings. The largest absolute Gasteiger partial charge is 0.477 e. The lowest BCUT2D eigenvalue weighted by Crippen LogP contribution is -2.28. The Morgan fingerprint density at radius 2 is 1.68 bits per heavy atom. The molecular formula is C25H21N5O5S2. The minimum absolute atomic E-state index is 0.0710. The van der Waals surface area contributed by atoms with Crippen molar-refractivity contribution in [3.63, 3.8) is 0 Å². The number of nitrogens with zero attached hydrogens (tertiary/aromatic N) is 3. The van der Waals surface area contributed by atoms with Gasteiger partial charge in [-0.3, -0.25) is 9.59 Å². The number of benzene rings is 2. The van der Waals surface area contributed by atoms with Crippen molar-refractivity contribution >= 4 is 39.3 Å². The van der Waals surface area contributed by atoms with Crippen molar-refractivity contribution < 1.29 is 22.7 Å². The maximum Gasteiger partial charge on any atom is 0.264 e. The summed E-state index contributed by atoms with van der Waals surface area (Å²) in [5.41, 5.74) is 1.63. The lowest BCUT2D eigenvalue weighted by atomic mass is 9.97. The first-order chi connectivity index (χ1) is 17.7. The predicted molar refractivity (Wildman–Crippen MR) is 137 cm³/mol. The van der Waals surface area contributed by atoms with Crippen LogP contribution in [0.5, 0.6) is 5.88 Å². The molecule has 0 radical (unpaired) electrons. The molecule has 0 atom stereocenters. The van der Waals surface area contributed by atoms with E-state index < -0.39 is 21.8 Å². The molecule has 188 valence electrons. The molecule has 37 heavy (non-hydrogen) atoms. The first-order valence-corrected chi connectivity index (χ1v) is 13.3. The van der Waals surface area contributed by atoms with E-state index in [0.29, 0.717) is 16.8 Å². The summed E-state index contributed by atoms with van der Waals surface area (Å²) in [5, 5.41) is 22.6. The summed E-state index contributed by atoms with van der Waals surface area (Å²) >= 11 is 1.00. The number of carbonyl (C=O) groups excluding carboxylic acids is 2. The molecule has 3 aromatic rings. The summed E-state index contributed by atoms with van der Waals surface area (Å²) < 4.78 is 31.5. The minimum Gasteiger partial charge on any atom is -0.477 e. The molecule has 10 nitrogen and oxygen atoms in total. The van der Waals surface area contributed by atoms with Crippen LogP contribution in [-0.2, 0) is 19.6 Å². The second-order valence-corrected chi connectivity index (χ2v) is 10.0. The fraction of sp³-hybridized carbons (Fsp3) is 0.160. The number of hydrogen-bond acceptors (Lipinski definition) is 9. The first kappa shape index (κ1) is 27.2. The molecule has 0 aliphatic heterocycles. The zero-order chi connectivity index (χ0) is 27.0. The van der Waals surface area contributed by atoms with Crippen LogP contribution in [0.4, 0.5) is 5.69 Å². The van der Waals surface area contributed by atoms with Crippen LogP contribution in [0, 0.1) is 22.7 Å². The zero-order valence-corrected chi connectivity index (χ0v) is 21.4. The van der Waals surface area contributed by atoms with Gasteiger partial charge < -0.3 is 10.1 Å². The number of nitrogens with one attached hydrogen (secondary N) is 2. The Morgan fingerprint density at radius 1 is 1.03 bits per heavy atom. The van der Waals surface area contributed by atoms with E-state index in [1.807, 2.05) is 10.8 Å². The van der Waals surface area contributed by atoms with E-state index in [0.717, 1.165) is 18.7 Å². The molecule has 12 heteroatoms. The van der Waals surface area contributed by atoms with Crippen LogP contribution in [0.15, 0.2) is 64.5 Å². The van der Waals surface area contributed by atoms with Crippen LogP contribution in [0.25, 0.3) is 11.1 Å². The number of amides is 2. The summed E-state index contributed by atoms with van der Waals surface area (Å²) in [4.78, 5) is 27.9. The molecule has 0 saturated heterocycles. The van der Waals surface area contributed by atoms with Crippen LogP contribution < -0.4 is 14.8 Å². The van der Waals surface area contributed by atoms with E-state index in [4.69, 9.17) is 4.74 Å². The van der Waals surface area contributed by atoms with Crippen molar-refractivity contribution in [1.29, 1.82) is 10.5 Å². The summed E-state index contributed by atoms with van der Waals surface area (Å²) in [5.74, 6) is -1.21. The summed E-state index contributed by atoms with van der Waals surface area (Å²) in [6.45, 7) is 3.08. The SMILES string of the molecule is CCOc1nc(SCC(=O)Nc2ccc(S(=O)(=O)NC(C)=O)cc2)c(C#N)c(-c2ccccc2)c1C#N. The number of ether oxygens (including phenoxy) is 1. The molecule has 0 spiro atoms. The summed E-state index contributed by atoms with van der Waals surface area (Å²) in [6, 6.07) is 18.4. The third-order valence-electron chi connectivity index (χ3n) is 4.76. The van der Waals surface area contributed by atoms with Crippen LogP contribution >= 0.6 is 11.8 Å². The molecule has 2 aromatic carbocycles. The number of rotatable bonds is 9. The third kappa shape index (κ3) is 6.64. The summed E-state index contributed by atoms with van der Waals surface area (Å²) in [7, 11) is -3.99. The van der Waals surface area contributed by atoms with E-state index in [1.54, 1.807) is 31.2 Å². The van der Waals surface area contributed by atoms with Crippen LogP contribution in [-0.4, -0.2) is 37.6 Å². The van der Waals surface area contributed by atoms with Crippen LogP contribution in [0.3, 0.4) is 0 Å². The molecule has 0 aliphatic carbocycles. The average molecular weight is 536 g/mol. The van der Waals surface area contributed by atoms with Gasteiger partial charge in [-0.1, -0.05) is 42.1 Å². The highest BCUT2D eigenvalue weighted by atomic mass is 32.2. The summed E-state index contributed by atoms with van der Waals surface area (Å²) in [6.07, 6.45) is 0. The topological polar surface area (TPSA) is 162 Å². The smallest absolute Gasteiger partial charge is 0.264 e. The minimum atomic E-state index is -3.99. The maximum atomic E-state index is 12.6. The number of sulfonamides is 1. The second kappa shape index (κ2) is 12.0. The number of pyridine rings is 1. The highest BCUT2D eigenvalue weighted by molar-refractivity contribution is 8.00. The van der Waals surface area contributed by atoms with Gasteiger partial charge in [-0.2, -0.15) is 10.5 Å². The lowest BCUT2D eigenvalue weighted by molar-refractivity contribution is -0.117. The number of nitriles is 2. The van der Waals surface area contributed by atoms with Gasteiger partial charge in [0.25, 0.3) is 10.0 Å². The number of carbonyl (C=O) groups is 2. The molecule has 0 bridgehead atoms. The molecule has 2 amide bonds. The van der Waals surface area contributed by atoms with Crippen LogP contribution in [0.1, 0.15) is 25.0 Å². The Hall–Kier alpha value is -4.39. The molecule has 3 rings (SSSR count). The molecule has 1 aromatic heterocycles. The standard InChI is InChI=1S/C25H21N5O5S2/c1-3-35-24-20(13-26)23(17-7-5-4-6-8-17)21(14-27)25(29-24)36-15-22(32)28-18-9-11-19(12-10-18)37(33,34)30-16(2)31/h4-12H,3,15H2,1-2H3,(H,28,32)(H,30,31). The van der Waals surface area contributed by atoms with E-state index in [9.17, 15) is 28.5 Å². The second-order valence-electron chi connectivity index (χ2n) is 7.39. The number of aromatic nitrogens is 1. The van der Waals surface area contributed by atoms with Gasteiger partial charge in [-0.05, 0) is 36.8 Å². The molecule has 0 fully saturated rings. The van der Waals surface area contributed by atoms with Gasteiger partial charge in [0.05, 0.1) is 22.8 Å². The van der Waals surface area contributed by atoms with Crippen molar-refractivity contribution in [1.82, 2.24) is 9.71 Å². The van der Waals surface area contributed by atoms with Gasteiger partial charge in [-0.15, -0.1) is 0 Å². The van der Waals surface area contributed by atoms with E-state index in [2.05, 4.69) is 22.4 Å². The Labute approximate surface area is 218 Å². The third-order valence-corrected chi connectivity index (χ3v) is 7.19. The highest BCUT2D eigenvalue weighted by Crippen LogP contribution is 2.37. The first-order valence-electron chi connectivity index (χ1n) is 10.8. The fourth-order valence-corrected chi connectivity index (χ4v) is 5.06. The normalized spacial score (nSPS) is 10.6. The van der Waals surface area contributed by atoms with Gasteiger partial charge in [-0.25, -0.2) is 18.1 Å². The van der Waals surface area contributed by atoms with Crippen molar-refractivity contribution in [2.45, 2.75) is 23.8 Å².